The average Bonchev–Trinajstić information content (AvgIpc) is 2.54. The Balaban J connectivity index is 1.73. The van der Waals surface area contributed by atoms with Gasteiger partial charge in [0.15, 0.2) is 0 Å². The SMILES string of the molecule is Cc1cc(N)ccc1Oc1ccc(Oc2ccc(N)cc2C)cc1. The van der Waals surface area contributed by atoms with E-state index in [0.717, 1.165) is 45.5 Å². The lowest BCUT2D eigenvalue weighted by molar-refractivity contribution is 0.466. The lowest BCUT2D eigenvalue weighted by atomic mass is 10.2. The number of hydrogen-bond donors (Lipinski definition) is 2. The summed E-state index contributed by atoms with van der Waals surface area (Å²) in [6.07, 6.45) is 0. The second kappa shape index (κ2) is 6.54. The summed E-state index contributed by atoms with van der Waals surface area (Å²) in [6.45, 7) is 3.93. The highest BCUT2D eigenvalue weighted by Gasteiger charge is 2.05. The standard InChI is InChI=1S/C20H20N2O2/c1-13-11-15(21)3-9-19(13)23-17-5-7-18(8-6-17)24-20-10-4-16(22)12-14(20)2/h3-12H,21-22H2,1-2H3. The van der Waals surface area contributed by atoms with Crippen molar-refractivity contribution < 1.29 is 9.47 Å². The van der Waals surface area contributed by atoms with Gasteiger partial charge < -0.3 is 20.9 Å². The van der Waals surface area contributed by atoms with Gasteiger partial charge in [0.1, 0.15) is 23.0 Å². The van der Waals surface area contributed by atoms with E-state index in [0.29, 0.717) is 0 Å². The van der Waals surface area contributed by atoms with E-state index >= 15 is 0 Å². The summed E-state index contributed by atoms with van der Waals surface area (Å²) in [7, 11) is 0. The third kappa shape index (κ3) is 3.60. The fraction of sp³-hybridized carbons (Fsp3) is 0.100. The van der Waals surface area contributed by atoms with Crippen molar-refractivity contribution >= 4 is 11.4 Å². The molecule has 0 amide bonds. The van der Waals surface area contributed by atoms with Gasteiger partial charge in [-0.15, -0.1) is 0 Å². The van der Waals surface area contributed by atoms with E-state index in [1.807, 2.05) is 74.5 Å². The van der Waals surface area contributed by atoms with Gasteiger partial charge in [-0.2, -0.15) is 0 Å². The molecule has 3 aromatic rings. The molecule has 0 fully saturated rings. The quantitative estimate of drug-likeness (QED) is 0.660. The van der Waals surface area contributed by atoms with Gasteiger partial charge in [-0.1, -0.05) is 0 Å². The van der Waals surface area contributed by atoms with Crippen LogP contribution in [0.25, 0.3) is 0 Å². The minimum absolute atomic E-state index is 0.725. The van der Waals surface area contributed by atoms with Crippen LogP contribution in [0.1, 0.15) is 11.1 Å². The summed E-state index contributed by atoms with van der Waals surface area (Å²) in [5, 5.41) is 0. The highest BCUT2D eigenvalue weighted by molar-refractivity contribution is 5.50. The number of benzene rings is 3. The number of anilines is 2. The summed E-state index contributed by atoms with van der Waals surface area (Å²) in [4.78, 5) is 0. The van der Waals surface area contributed by atoms with Crippen LogP contribution in [0, 0.1) is 13.8 Å². The van der Waals surface area contributed by atoms with E-state index in [9.17, 15) is 0 Å². The third-order valence-electron chi connectivity index (χ3n) is 3.68. The molecule has 0 atom stereocenters. The van der Waals surface area contributed by atoms with Crippen LogP contribution in [0.5, 0.6) is 23.0 Å². The fourth-order valence-electron chi connectivity index (χ4n) is 2.40. The first kappa shape index (κ1) is 15.7. The Bertz CT molecular complexity index is 786. The van der Waals surface area contributed by atoms with Crippen molar-refractivity contribution in [3.8, 4) is 23.0 Å². The van der Waals surface area contributed by atoms with E-state index in [4.69, 9.17) is 20.9 Å². The molecule has 0 aromatic heterocycles. The number of ether oxygens (including phenoxy) is 2. The van der Waals surface area contributed by atoms with Crippen LogP contribution < -0.4 is 20.9 Å². The molecule has 0 spiro atoms. The molecule has 0 aliphatic heterocycles. The lowest BCUT2D eigenvalue weighted by Crippen LogP contribution is -1.92. The van der Waals surface area contributed by atoms with Crippen LogP contribution in [0.2, 0.25) is 0 Å². The minimum atomic E-state index is 0.725. The van der Waals surface area contributed by atoms with Crippen molar-refractivity contribution in [1.29, 1.82) is 0 Å². The summed E-state index contributed by atoms with van der Waals surface area (Å²) < 4.78 is 11.8. The van der Waals surface area contributed by atoms with E-state index < -0.39 is 0 Å². The Hall–Kier alpha value is -3.14. The smallest absolute Gasteiger partial charge is 0.130 e. The van der Waals surface area contributed by atoms with Gasteiger partial charge in [0.25, 0.3) is 0 Å². The largest absolute Gasteiger partial charge is 0.457 e. The Morgan fingerprint density at radius 2 is 0.958 bits per heavy atom. The second-order valence-corrected chi connectivity index (χ2v) is 5.73. The molecule has 3 rings (SSSR count). The number of nitrogen functional groups attached to an aromatic ring is 2. The molecule has 4 N–H and O–H groups in total. The Labute approximate surface area is 141 Å². The van der Waals surface area contributed by atoms with Crippen LogP contribution in [-0.4, -0.2) is 0 Å². The van der Waals surface area contributed by atoms with E-state index in [2.05, 4.69) is 0 Å². The summed E-state index contributed by atoms with van der Waals surface area (Å²) in [6, 6.07) is 18.6. The van der Waals surface area contributed by atoms with Gasteiger partial charge in [-0.25, -0.2) is 0 Å². The van der Waals surface area contributed by atoms with E-state index in [1.54, 1.807) is 0 Å². The molecule has 4 heteroatoms. The number of rotatable bonds is 4. The summed E-state index contributed by atoms with van der Waals surface area (Å²) in [5.41, 5.74) is 14.9. The molecule has 0 saturated heterocycles. The maximum atomic E-state index is 5.88. The first-order valence-electron chi connectivity index (χ1n) is 7.69. The molecule has 4 nitrogen and oxygen atoms in total. The van der Waals surface area contributed by atoms with Gasteiger partial charge in [0, 0.05) is 11.4 Å². The van der Waals surface area contributed by atoms with Crippen LogP contribution in [0.15, 0.2) is 60.7 Å². The number of aryl methyl sites for hydroxylation is 2. The van der Waals surface area contributed by atoms with Crippen molar-refractivity contribution in [1.82, 2.24) is 0 Å². The Morgan fingerprint density at radius 1 is 0.583 bits per heavy atom. The van der Waals surface area contributed by atoms with Crippen LogP contribution in [0.4, 0.5) is 11.4 Å². The van der Waals surface area contributed by atoms with Crippen molar-refractivity contribution in [3.05, 3.63) is 71.8 Å². The molecule has 0 heterocycles. The molecule has 0 aliphatic rings. The molecule has 24 heavy (non-hydrogen) atoms. The highest BCUT2D eigenvalue weighted by Crippen LogP contribution is 2.30. The topological polar surface area (TPSA) is 70.5 Å². The number of hydrogen-bond acceptors (Lipinski definition) is 4. The maximum Gasteiger partial charge on any atom is 0.130 e. The van der Waals surface area contributed by atoms with Gasteiger partial charge >= 0.3 is 0 Å². The maximum absolute atomic E-state index is 5.88. The van der Waals surface area contributed by atoms with Gasteiger partial charge in [-0.05, 0) is 85.6 Å². The zero-order valence-electron chi connectivity index (χ0n) is 13.7. The van der Waals surface area contributed by atoms with Crippen LogP contribution in [-0.2, 0) is 0 Å². The monoisotopic (exact) mass is 320 g/mol. The van der Waals surface area contributed by atoms with Crippen molar-refractivity contribution in [2.75, 3.05) is 11.5 Å². The minimum Gasteiger partial charge on any atom is -0.457 e. The average molecular weight is 320 g/mol. The predicted octanol–water partition coefficient (Wildman–Crippen LogP) is 5.05. The van der Waals surface area contributed by atoms with Crippen LogP contribution >= 0.6 is 0 Å². The van der Waals surface area contributed by atoms with Gasteiger partial charge in [-0.3, -0.25) is 0 Å². The van der Waals surface area contributed by atoms with E-state index in [1.165, 1.54) is 0 Å². The van der Waals surface area contributed by atoms with Crippen molar-refractivity contribution in [2.24, 2.45) is 0 Å². The molecule has 122 valence electrons. The van der Waals surface area contributed by atoms with Gasteiger partial charge in [0.2, 0.25) is 0 Å². The van der Waals surface area contributed by atoms with Crippen molar-refractivity contribution in [2.45, 2.75) is 13.8 Å². The highest BCUT2D eigenvalue weighted by atomic mass is 16.5. The summed E-state index contributed by atoms with van der Waals surface area (Å²) >= 11 is 0. The fourth-order valence-corrected chi connectivity index (χ4v) is 2.40. The molecular formula is C20H20N2O2. The van der Waals surface area contributed by atoms with Crippen molar-refractivity contribution in [3.63, 3.8) is 0 Å². The molecule has 0 unspecified atom stereocenters. The first-order valence-corrected chi connectivity index (χ1v) is 7.69. The third-order valence-corrected chi connectivity index (χ3v) is 3.68. The molecule has 0 saturated carbocycles. The summed E-state index contributed by atoms with van der Waals surface area (Å²) in [5.74, 6) is 3.05. The Kier molecular flexibility index (Phi) is 4.29. The predicted molar refractivity (Wildman–Crippen MR) is 97.8 cm³/mol. The molecule has 3 aromatic carbocycles. The first-order chi connectivity index (χ1) is 11.5. The van der Waals surface area contributed by atoms with E-state index in [-0.39, 0.29) is 0 Å². The molecule has 0 aliphatic carbocycles. The molecule has 0 bridgehead atoms. The zero-order valence-corrected chi connectivity index (χ0v) is 13.7. The normalized spacial score (nSPS) is 10.4. The Morgan fingerprint density at radius 3 is 1.29 bits per heavy atom. The van der Waals surface area contributed by atoms with Crippen LogP contribution in [0.3, 0.4) is 0 Å². The van der Waals surface area contributed by atoms with Gasteiger partial charge in [0.05, 0.1) is 0 Å². The lowest BCUT2D eigenvalue weighted by Gasteiger charge is -2.11. The number of nitrogens with two attached hydrogens (primary N) is 2. The molecular weight excluding hydrogens is 300 g/mol. The zero-order chi connectivity index (χ0) is 17.1. The second-order valence-electron chi connectivity index (χ2n) is 5.73. The molecule has 0 radical (unpaired) electrons.